The summed E-state index contributed by atoms with van der Waals surface area (Å²) in [5.41, 5.74) is 6.18. The van der Waals surface area contributed by atoms with E-state index >= 15 is 0 Å². The Morgan fingerprint density at radius 3 is 2.04 bits per heavy atom. The molecule has 116 valence electrons. The van der Waals surface area contributed by atoms with Crippen LogP contribution >= 0.6 is 0 Å². The first-order valence-electron chi connectivity index (χ1n) is 7.84. The third-order valence-corrected chi connectivity index (χ3v) is 3.61. The standard InChI is InChI=1S/C19H20N4/c1-14-5-3-6-16(21-14)9-10-17-7-4-8-18(23-17)11-19-13-20-12-15(2)22-19/h3-8,12-13H,9-11H2,1-2H3. The van der Waals surface area contributed by atoms with Crippen molar-refractivity contribution in [2.24, 2.45) is 0 Å². The Kier molecular flexibility index (Phi) is 4.71. The summed E-state index contributed by atoms with van der Waals surface area (Å²) in [5.74, 6) is 0. The van der Waals surface area contributed by atoms with Crippen LogP contribution < -0.4 is 0 Å². The molecule has 0 N–H and O–H groups in total. The summed E-state index contributed by atoms with van der Waals surface area (Å²) in [6.07, 6.45) is 6.08. The quantitative estimate of drug-likeness (QED) is 0.726. The molecule has 0 atom stereocenters. The SMILES string of the molecule is Cc1cccc(CCc2cccc(Cc3cncc(C)n3)n2)n1. The van der Waals surface area contributed by atoms with Gasteiger partial charge >= 0.3 is 0 Å². The van der Waals surface area contributed by atoms with Crippen LogP contribution in [0, 0.1) is 13.8 Å². The number of pyridine rings is 2. The molecule has 0 bridgehead atoms. The van der Waals surface area contributed by atoms with E-state index < -0.39 is 0 Å². The van der Waals surface area contributed by atoms with Crippen LogP contribution in [0.3, 0.4) is 0 Å². The summed E-state index contributed by atoms with van der Waals surface area (Å²) in [6.45, 7) is 3.97. The number of rotatable bonds is 5. The lowest BCUT2D eigenvalue weighted by atomic mass is 10.1. The smallest absolute Gasteiger partial charge is 0.0649 e. The summed E-state index contributed by atoms with van der Waals surface area (Å²) in [5, 5.41) is 0. The Balaban J connectivity index is 1.67. The second-order valence-corrected chi connectivity index (χ2v) is 5.72. The van der Waals surface area contributed by atoms with Crippen LogP contribution in [0.2, 0.25) is 0 Å². The molecular weight excluding hydrogens is 284 g/mol. The van der Waals surface area contributed by atoms with Crippen molar-refractivity contribution in [2.75, 3.05) is 0 Å². The monoisotopic (exact) mass is 304 g/mol. The van der Waals surface area contributed by atoms with Crippen molar-refractivity contribution in [2.45, 2.75) is 33.1 Å². The van der Waals surface area contributed by atoms with Crippen molar-refractivity contribution in [1.29, 1.82) is 0 Å². The van der Waals surface area contributed by atoms with E-state index in [2.05, 4.69) is 39.2 Å². The van der Waals surface area contributed by atoms with Gasteiger partial charge in [-0.05, 0) is 51.0 Å². The molecule has 3 heterocycles. The van der Waals surface area contributed by atoms with Gasteiger partial charge in [0, 0.05) is 41.6 Å². The van der Waals surface area contributed by atoms with Crippen LogP contribution in [-0.4, -0.2) is 19.9 Å². The number of aromatic nitrogens is 4. The average molecular weight is 304 g/mol. The molecule has 0 aromatic carbocycles. The largest absolute Gasteiger partial charge is 0.261 e. The molecule has 0 saturated heterocycles. The maximum absolute atomic E-state index is 4.74. The van der Waals surface area contributed by atoms with Gasteiger partial charge in [0.2, 0.25) is 0 Å². The van der Waals surface area contributed by atoms with E-state index in [4.69, 9.17) is 4.98 Å². The second kappa shape index (κ2) is 7.09. The minimum absolute atomic E-state index is 0.714. The molecule has 3 aromatic heterocycles. The molecular formula is C19H20N4. The minimum atomic E-state index is 0.714. The zero-order valence-electron chi connectivity index (χ0n) is 13.5. The highest BCUT2D eigenvalue weighted by molar-refractivity contribution is 5.18. The fraction of sp³-hybridized carbons (Fsp3) is 0.263. The van der Waals surface area contributed by atoms with Crippen molar-refractivity contribution in [3.05, 3.63) is 83.0 Å². The molecule has 3 aromatic rings. The van der Waals surface area contributed by atoms with Crippen LogP contribution in [0.1, 0.15) is 34.2 Å². The minimum Gasteiger partial charge on any atom is -0.261 e. The Morgan fingerprint density at radius 1 is 0.652 bits per heavy atom. The van der Waals surface area contributed by atoms with E-state index in [9.17, 15) is 0 Å². The Morgan fingerprint density at radius 2 is 1.30 bits per heavy atom. The molecule has 0 radical (unpaired) electrons. The van der Waals surface area contributed by atoms with Gasteiger partial charge in [0.1, 0.15) is 0 Å². The van der Waals surface area contributed by atoms with E-state index in [1.54, 1.807) is 12.4 Å². The molecule has 3 rings (SSSR count). The molecule has 0 amide bonds. The van der Waals surface area contributed by atoms with Gasteiger partial charge in [-0.25, -0.2) is 0 Å². The maximum atomic E-state index is 4.74. The fourth-order valence-corrected chi connectivity index (χ4v) is 2.55. The molecule has 0 saturated carbocycles. The van der Waals surface area contributed by atoms with Gasteiger partial charge in [-0.15, -0.1) is 0 Å². The summed E-state index contributed by atoms with van der Waals surface area (Å²) in [6, 6.07) is 12.3. The maximum Gasteiger partial charge on any atom is 0.0649 e. The van der Waals surface area contributed by atoms with E-state index in [-0.39, 0.29) is 0 Å². The summed E-state index contributed by atoms with van der Waals surface area (Å²) in [7, 11) is 0. The lowest BCUT2D eigenvalue weighted by Gasteiger charge is -2.05. The predicted molar refractivity (Wildman–Crippen MR) is 90.2 cm³/mol. The molecule has 0 fully saturated rings. The lowest BCUT2D eigenvalue weighted by Crippen LogP contribution is -2.02. The van der Waals surface area contributed by atoms with Gasteiger partial charge in [0.05, 0.1) is 11.4 Å². The Hall–Kier alpha value is -2.62. The highest BCUT2D eigenvalue weighted by Crippen LogP contribution is 2.09. The highest BCUT2D eigenvalue weighted by Gasteiger charge is 2.03. The average Bonchev–Trinajstić information content (AvgIpc) is 2.53. The van der Waals surface area contributed by atoms with Crippen LogP contribution in [0.5, 0.6) is 0 Å². The van der Waals surface area contributed by atoms with Crippen molar-refractivity contribution in [1.82, 2.24) is 19.9 Å². The fourth-order valence-electron chi connectivity index (χ4n) is 2.55. The van der Waals surface area contributed by atoms with E-state index in [0.717, 1.165) is 47.0 Å². The van der Waals surface area contributed by atoms with Gasteiger partial charge in [0.15, 0.2) is 0 Å². The molecule has 0 spiro atoms. The first kappa shape index (κ1) is 15.3. The van der Waals surface area contributed by atoms with E-state index in [1.165, 1.54) is 0 Å². The summed E-state index contributed by atoms with van der Waals surface area (Å²) >= 11 is 0. The Bertz CT molecular complexity index is 799. The van der Waals surface area contributed by atoms with Gasteiger partial charge in [-0.1, -0.05) is 12.1 Å². The van der Waals surface area contributed by atoms with E-state index in [0.29, 0.717) is 6.42 Å². The highest BCUT2D eigenvalue weighted by atomic mass is 14.8. The number of hydrogen-bond donors (Lipinski definition) is 0. The topological polar surface area (TPSA) is 51.6 Å². The molecule has 4 heteroatoms. The first-order valence-corrected chi connectivity index (χ1v) is 7.84. The normalized spacial score (nSPS) is 10.7. The number of aryl methyl sites for hydroxylation is 4. The molecule has 0 aliphatic rings. The molecule has 0 aliphatic carbocycles. The lowest BCUT2D eigenvalue weighted by molar-refractivity contribution is 0.854. The number of hydrogen-bond acceptors (Lipinski definition) is 4. The Labute approximate surface area is 136 Å². The second-order valence-electron chi connectivity index (χ2n) is 5.72. The van der Waals surface area contributed by atoms with Gasteiger partial charge < -0.3 is 0 Å². The number of nitrogens with zero attached hydrogens (tertiary/aromatic N) is 4. The third-order valence-electron chi connectivity index (χ3n) is 3.61. The van der Waals surface area contributed by atoms with Crippen molar-refractivity contribution in [3.63, 3.8) is 0 Å². The molecule has 0 unspecified atom stereocenters. The van der Waals surface area contributed by atoms with Gasteiger partial charge in [-0.3, -0.25) is 19.9 Å². The third kappa shape index (κ3) is 4.42. The van der Waals surface area contributed by atoms with Gasteiger partial charge in [-0.2, -0.15) is 0 Å². The first-order chi connectivity index (χ1) is 11.2. The zero-order chi connectivity index (χ0) is 16.1. The molecule has 0 aliphatic heterocycles. The van der Waals surface area contributed by atoms with Crippen LogP contribution in [0.15, 0.2) is 48.8 Å². The summed E-state index contributed by atoms with van der Waals surface area (Å²) < 4.78 is 0. The molecule has 4 nitrogen and oxygen atoms in total. The van der Waals surface area contributed by atoms with E-state index in [1.807, 2.05) is 26.0 Å². The van der Waals surface area contributed by atoms with Crippen molar-refractivity contribution in [3.8, 4) is 0 Å². The van der Waals surface area contributed by atoms with Gasteiger partial charge in [0.25, 0.3) is 0 Å². The van der Waals surface area contributed by atoms with Crippen molar-refractivity contribution >= 4 is 0 Å². The van der Waals surface area contributed by atoms with Crippen molar-refractivity contribution < 1.29 is 0 Å². The van der Waals surface area contributed by atoms with Crippen LogP contribution in [-0.2, 0) is 19.3 Å². The predicted octanol–water partition coefficient (Wildman–Crippen LogP) is 3.26. The zero-order valence-corrected chi connectivity index (χ0v) is 13.5. The molecule has 23 heavy (non-hydrogen) atoms. The van der Waals surface area contributed by atoms with Crippen LogP contribution in [0.4, 0.5) is 0 Å². The van der Waals surface area contributed by atoms with Crippen LogP contribution in [0.25, 0.3) is 0 Å². The summed E-state index contributed by atoms with van der Waals surface area (Å²) in [4.78, 5) is 18.0.